The lowest BCUT2D eigenvalue weighted by Gasteiger charge is -2.15. The standard InChI is InChI=1S/C23H22N2S/c1-17-8-12-19(13-9-17)22-16-26(21-14-10-18(2)11-15-21)23(25-22)24-20-6-4-3-5-7-20/h3-16,26H,1-2H3,(H,24,25). The fourth-order valence-electron chi connectivity index (χ4n) is 2.89. The highest BCUT2D eigenvalue weighted by Crippen LogP contribution is 2.45. The van der Waals surface area contributed by atoms with Gasteiger partial charge in [-0.1, -0.05) is 65.7 Å². The zero-order valence-corrected chi connectivity index (χ0v) is 15.9. The average molecular weight is 359 g/mol. The number of hydrogen-bond donors (Lipinski definition) is 2. The second kappa shape index (κ2) is 7.22. The fraction of sp³-hybridized carbons (Fsp3) is 0.0870. The van der Waals surface area contributed by atoms with Crippen LogP contribution in [0, 0.1) is 13.8 Å². The summed E-state index contributed by atoms with van der Waals surface area (Å²) in [6, 6.07) is 27.6. The van der Waals surface area contributed by atoms with Crippen molar-refractivity contribution in [2.24, 2.45) is 4.99 Å². The molecule has 0 radical (unpaired) electrons. The van der Waals surface area contributed by atoms with Gasteiger partial charge in [-0.15, -0.1) is 10.9 Å². The molecule has 4 rings (SSSR count). The van der Waals surface area contributed by atoms with Gasteiger partial charge in [0.25, 0.3) is 0 Å². The average Bonchev–Trinajstić information content (AvgIpc) is 3.07. The first-order chi connectivity index (χ1) is 12.7. The van der Waals surface area contributed by atoms with Crippen LogP contribution in [-0.4, -0.2) is 5.17 Å². The van der Waals surface area contributed by atoms with Gasteiger partial charge in [0.05, 0.1) is 11.4 Å². The van der Waals surface area contributed by atoms with Crippen LogP contribution in [0.2, 0.25) is 0 Å². The zero-order chi connectivity index (χ0) is 17.9. The van der Waals surface area contributed by atoms with E-state index in [4.69, 9.17) is 4.99 Å². The first kappa shape index (κ1) is 16.7. The Hall–Kier alpha value is -2.78. The summed E-state index contributed by atoms with van der Waals surface area (Å²) in [6.45, 7) is 4.23. The molecule has 130 valence electrons. The van der Waals surface area contributed by atoms with Crippen LogP contribution in [0.1, 0.15) is 16.7 Å². The van der Waals surface area contributed by atoms with E-state index in [1.807, 2.05) is 30.3 Å². The Morgan fingerprint density at radius 1 is 0.731 bits per heavy atom. The van der Waals surface area contributed by atoms with E-state index in [9.17, 15) is 0 Å². The van der Waals surface area contributed by atoms with E-state index >= 15 is 0 Å². The lowest BCUT2D eigenvalue weighted by molar-refractivity contribution is 1.31. The monoisotopic (exact) mass is 358 g/mol. The lowest BCUT2D eigenvalue weighted by atomic mass is 10.1. The quantitative estimate of drug-likeness (QED) is 0.555. The summed E-state index contributed by atoms with van der Waals surface area (Å²) in [7, 11) is -0.633. The number of nitrogens with zero attached hydrogens (tertiary/aromatic N) is 1. The largest absolute Gasteiger partial charge is 0.335 e. The molecule has 0 aromatic heterocycles. The van der Waals surface area contributed by atoms with Crippen molar-refractivity contribution in [1.29, 1.82) is 0 Å². The summed E-state index contributed by atoms with van der Waals surface area (Å²) in [4.78, 5) is 6.23. The van der Waals surface area contributed by atoms with Crippen LogP contribution in [0.3, 0.4) is 0 Å². The molecule has 26 heavy (non-hydrogen) atoms. The third kappa shape index (κ3) is 3.58. The van der Waals surface area contributed by atoms with Gasteiger partial charge in [0.1, 0.15) is 0 Å². The summed E-state index contributed by atoms with van der Waals surface area (Å²) in [5.74, 6) is 0. The smallest absolute Gasteiger partial charge is 0.153 e. The number of aryl methyl sites for hydroxylation is 2. The Morgan fingerprint density at radius 3 is 2.00 bits per heavy atom. The second-order valence-electron chi connectivity index (χ2n) is 6.51. The van der Waals surface area contributed by atoms with Gasteiger partial charge in [-0.2, -0.15) is 0 Å². The van der Waals surface area contributed by atoms with Gasteiger partial charge in [-0.25, -0.2) is 4.99 Å². The lowest BCUT2D eigenvalue weighted by Crippen LogP contribution is -2.15. The summed E-state index contributed by atoms with van der Waals surface area (Å²) < 4.78 is 0. The predicted octanol–water partition coefficient (Wildman–Crippen LogP) is 5.95. The van der Waals surface area contributed by atoms with Crippen molar-refractivity contribution >= 4 is 27.4 Å². The maximum Gasteiger partial charge on any atom is 0.153 e. The zero-order valence-electron chi connectivity index (χ0n) is 15.0. The van der Waals surface area contributed by atoms with Crippen LogP contribution < -0.4 is 5.32 Å². The van der Waals surface area contributed by atoms with Gasteiger partial charge in [0, 0.05) is 0 Å². The van der Waals surface area contributed by atoms with Crippen molar-refractivity contribution in [3.63, 3.8) is 0 Å². The van der Waals surface area contributed by atoms with Crippen LogP contribution in [0.15, 0.2) is 94.2 Å². The van der Waals surface area contributed by atoms with Gasteiger partial charge in [-0.05, 0) is 54.0 Å². The van der Waals surface area contributed by atoms with Crippen molar-refractivity contribution in [3.8, 4) is 0 Å². The Morgan fingerprint density at radius 2 is 1.35 bits per heavy atom. The SMILES string of the molecule is Cc1ccc(C2=C[SH](c3ccc(C)cc3)C(=Nc3ccccc3)N2)cc1. The molecule has 0 amide bonds. The van der Waals surface area contributed by atoms with E-state index in [1.165, 1.54) is 21.6 Å². The highest BCUT2D eigenvalue weighted by molar-refractivity contribution is 8.32. The second-order valence-corrected chi connectivity index (χ2v) is 8.45. The summed E-state index contributed by atoms with van der Waals surface area (Å²) in [5, 5.41) is 6.95. The molecule has 3 heteroatoms. The number of rotatable bonds is 3. The number of hydrogen-bond acceptors (Lipinski definition) is 1. The fourth-order valence-corrected chi connectivity index (χ4v) is 4.81. The van der Waals surface area contributed by atoms with E-state index < -0.39 is 10.9 Å². The molecule has 0 saturated heterocycles. The number of amidine groups is 1. The number of nitrogens with one attached hydrogen (secondary N) is 1. The Balaban J connectivity index is 1.74. The van der Waals surface area contributed by atoms with Crippen molar-refractivity contribution in [1.82, 2.24) is 5.32 Å². The molecule has 0 aliphatic carbocycles. The minimum Gasteiger partial charge on any atom is -0.335 e. The summed E-state index contributed by atoms with van der Waals surface area (Å²) in [6.07, 6.45) is 0. The number of aliphatic imine (C=N–C) groups is 1. The van der Waals surface area contributed by atoms with E-state index in [1.54, 1.807) is 0 Å². The van der Waals surface area contributed by atoms with E-state index in [-0.39, 0.29) is 0 Å². The third-order valence-electron chi connectivity index (χ3n) is 4.40. The normalized spacial score (nSPS) is 19.2. The molecule has 1 aliphatic rings. The molecule has 3 aromatic rings. The molecule has 0 bridgehead atoms. The Labute approximate surface area is 157 Å². The molecule has 0 fully saturated rings. The topological polar surface area (TPSA) is 24.4 Å². The number of thiol groups is 1. The summed E-state index contributed by atoms with van der Waals surface area (Å²) in [5.41, 5.74) is 5.87. The Bertz CT molecular complexity index is 955. The maximum atomic E-state index is 4.91. The van der Waals surface area contributed by atoms with Crippen LogP contribution in [0.5, 0.6) is 0 Å². The van der Waals surface area contributed by atoms with Crippen LogP contribution in [-0.2, 0) is 0 Å². The molecular weight excluding hydrogens is 336 g/mol. The van der Waals surface area contributed by atoms with E-state index in [2.05, 4.69) is 73.1 Å². The van der Waals surface area contributed by atoms with Crippen molar-refractivity contribution in [2.75, 3.05) is 0 Å². The van der Waals surface area contributed by atoms with E-state index in [0.29, 0.717) is 0 Å². The highest BCUT2D eigenvalue weighted by atomic mass is 32.2. The van der Waals surface area contributed by atoms with Gasteiger partial charge in [0.15, 0.2) is 5.17 Å². The van der Waals surface area contributed by atoms with Crippen LogP contribution >= 0.6 is 10.9 Å². The molecule has 2 nitrogen and oxygen atoms in total. The maximum absolute atomic E-state index is 4.91. The first-order valence-corrected chi connectivity index (χ1v) is 10.2. The van der Waals surface area contributed by atoms with Gasteiger partial charge in [-0.3, -0.25) is 0 Å². The molecule has 1 unspecified atom stereocenters. The van der Waals surface area contributed by atoms with Crippen molar-refractivity contribution in [2.45, 2.75) is 18.7 Å². The van der Waals surface area contributed by atoms with Crippen molar-refractivity contribution < 1.29 is 0 Å². The molecule has 1 N–H and O–H groups in total. The minimum atomic E-state index is -0.633. The van der Waals surface area contributed by atoms with Gasteiger partial charge in [0.2, 0.25) is 0 Å². The molecule has 1 aliphatic heterocycles. The van der Waals surface area contributed by atoms with E-state index in [0.717, 1.165) is 16.6 Å². The first-order valence-electron chi connectivity index (χ1n) is 8.74. The number of para-hydroxylation sites is 1. The van der Waals surface area contributed by atoms with Crippen molar-refractivity contribution in [3.05, 3.63) is 101 Å². The highest BCUT2D eigenvalue weighted by Gasteiger charge is 2.22. The molecular formula is C23H22N2S. The summed E-state index contributed by atoms with van der Waals surface area (Å²) >= 11 is 0. The molecule has 0 saturated carbocycles. The minimum absolute atomic E-state index is 0.633. The molecule has 1 heterocycles. The molecule has 1 atom stereocenters. The molecule has 0 spiro atoms. The van der Waals surface area contributed by atoms with Crippen LogP contribution in [0.4, 0.5) is 5.69 Å². The van der Waals surface area contributed by atoms with Gasteiger partial charge >= 0.3 is 0 Å². The third-order valence-corrected chi connectivity index (χ3v) is 6.44. The molecule has 3 aromatic carbocycles. The predicted molar refractivity (Wildman–Crippen MR) is 114 cm³/mol. The Kier molecular flexibility index (Phi) is 4.63. The van der Waals surface area contributed by atoms with Gasteiger partial charge < -0.3 is 5.32 Å². The van der Waals surface area contributed by atoms with Crippen LogP contribution in [0.25, 0.3) is 5.70 Å². The number of benzene rings is 3.